The van der Waals surface area contributed by atoms with E-state index in [1.165, 1.54) is 36.7 Å². The highest BCUT2D eigenvalue weighted by Crippen LogP contribution is 2.40. The first-order chi connectivity index (χ1) is 20.1. The van der Waals surface area contributed by atoms with Crippen LogP contribution in [0.25, 0.3) is 22.2 Å². The number of likely N-dealkylation sites (N-methyl/N-ethyl adjacent to an activating group) is 1. The van der Waals surface area contributed by atoms with Crippen LogP contribution in [0, 0.1) is 5.82 Å². The Morgan fingerprint density at radius 1 is 0.976 bits per heavy atom. The van der Waals surface area contributed by atoms with Crippen LogP contribution < -0.4 is 10.5 Å². The van der Waals surface area contributed by atoms with Gasteiger partial charge in [0.2, 0.25) is 0 Å². The van der Waals surface area contributed by atoms with E-state index < -0.39 is 15.8 Å². The number of halogens is 3. The summed E-state index contributed by atoms with van der Waals surface area (Å²) < 4.78 is 45.8. The van der Waals surface area contributed by atoms with Gasteiger partial charge in [0.1, 0.15) is 28.5 Å². The molecule has 1 aliphatic heterocycles. The van der Waals surface area contributed by atoms with Crippen LogP contribution in [0.3, 0.4) is 0 Å². The Balaban J connectivity index is 1.27. The molecule has 1 aliphatic carbocycles. The van der Waals surface area contributed by atoms with Crippen LogP contribution in [0.1, 0.15) is 31.7 Å². The first-order valence-corrected chi connectivity index (χ1v) is 16.2. The molecule has 2 aromatic heterocycles. The predicted octanol–water partition coefficient (Wildman–Crippen LogP) is 5.66. The lowest BCUT2D eigenvalue weighted by Crippen LogP contribution is -2.49. The smallest absolute Gasteiger partial charge is 0.264 e. The molecule has 1 saturated heterocycles. The van der Waals surface area contributed by atoms with Gasteiger partial charge in [-0.2, -0.15) is 0 Å². The van der Waals surface area contributed by atoms with Crippen LogP contribution in [0.4, 0.5) is 15.9 Å². The van der Waals surface area contributed by atoms with Crippen molar-refractivity contribution in [3.63, 3.8) is 0 Å². The molecule has 2 aliphatic rings. The Labute approximate surface area is 254 Å². The van der Waals surface area contributed by atoms with E-state index in [1.54, 1.807) is 6.07 Å². The number of rotatable bonds is 6. The largest absolute Gasteiger partial charge is 0.383 e. The number of nitrogens with two attached hydrogens (primary N) is 1. The summed E-state index contributed by atoms with van der Waals surface area (Å²) >= 11 is 12.2. The van der Waals surface area contributed by atoms with Crippen LogP contribution in [-0.2, 0) is 10.0 Å². The van der Waals surface area contributed by atoms with Gasteiger partial charge in [0, 0.05) is 50.0 Å². The third-order valence-corrected chi connectivity index (χ3v) is 10.8. The summed E-state index contributed by atoms with van der Waals surface area (Å²) in [6, 6.07) is 9.46. The van der Waals surface area contributed by atoms with Crippen LogP contribution >= 0.6 is 23.2 Å². The van der Waals surface area contributed by atoms with Crippen molar-refractivity contribution in [1.29, 1.82) is 0 Å². The molecule has 9 nitrogen and oxygen atoms in total. The Hall–Kier alpha value is -2.96. The number of piperazine rings is 1. The van der Waals surface area contributed by atoms with Gasteiger partial charge in [0.05, 0.1) is 21.1 Å². The molecule has 42 heavy (non-hydrogen) atoms. The van der Waals surface area contributed by atoms with Gasteiger partial charge in [0.15, 0.2) is 0 Å². The highest BCUT2D eigenvalue weighted by molar-refractivity contribution is 7.93. The summed E-state index contributed by atoms with van der Waals surface area (Å²) in [5.74, 6) is -0.457. The van der Waals surface area contributed by atoms with Gasteiger partial charge in [-0.1, -0.05) is 35.3 Å². The molecule has 3 N–H and O–H groups in total. The maximum Gasteiger partial charge on any atom is 0.264 e. The molecular weight excluding hydrogens is 600 g/mol. The fourth-order valence-electron chi connectivity index (χ4n) is 6.19. The molecule has 2 aromatic carbocycles. The lowest BCUT2D eigenvalue weighted by molar-refractivity contribution is 0.0828. The standard InChI is InChI=1S/C29H32Cl2FN7O2S/c1-37-11-13-38(14-12-37)19-6-8-20(9-7-19)39-16-21(26-28(33)34-17-35-29(26)39)18-5-10-25(24(32)15-18)36-42(40,41)27-22(30)3-2-4-23(27)31/h2-5,10,15-17,19-20,36H,6-9,11-14H2,1H3,(H2,33,34,35). The number of nitrogens with zero attached hydrogens (tertiary/aromatic N) is 5. The number of anilines is 2. The van der Waals surface area contributed by atoms with E-state index in [2.05, 4.69) is 36.1 Å². The minimum Gasteiger partial charge on any atom is -0.383 e. The zero-order valence-corrected chi connectivity index (χ0v) is 25.4. The molecule has 13 heteroatoms. The molecule has 0 atom stereocenters. The number of nitrogen functional groups attached to an aromatic ring is 1. The topological polar surface area (TPSA) is 109 Å². The maximum absolute atomic E-state index is 15.4. The van der Waals surface area contributed by atoms with E-state index in [4.69, 9.17) is 28.9 Å². The second-order valence-corrected chi connectivity index (χ2v) is 13.5. The molecule has 3 heterocycles. The van der Waals surface area contributed by atoms with Gasteiger partial charge in [-0.3, -0.25) is 9.62 Å². The molecule has 2 fully saturated rings. The number of fused-ring (bicyclic) bond motifs is 1. The van der Waals surface area contributed by atoms with Gasteiger partial charge >= 0.3 is 0 Å². The minimum atomic E-state index is -4.25. The van der Waals surface area contributed by atoms with Gasteiger partial charge in [0.25, 0.3) is 10.0 Å². The highest BCUT2D eigenvalue weighted by Gasteiger charge is 2.30. The predicted molar refractivity (Wildman–Crippen MR) is 165 cm³/mol. The van der Waals surface area contributed by atoms with E-state index in [0.717, 1.165) is 51.9 Å². The average Bonchev–Trinajstić information content (AvgIpc) is 3.35. The SMILES string of the molecule is CN1CCN(C2CCC(n3cc(-c4ccc(NS(=O)(=O)c5c(Cl)cccc5Cl)c(F)c4)c4c(N)ncnc43)CC2)CC1. The van der Waals surface area contributed by atoms with E-state index in [1.807, 2.05) is 6.20 Å². The molecule has 0 bridgehead atoms. The van der Waals surface area contributed by atoms with E-state index in [-0.39, 0.29) is 26.7 Å². The summed E-state index contributed by atoms with van der Waals surface area (Å²) in [5.41, 5.74) is 8.02. The number of hydrogen-bond donors (Lipinski definition) is 2. The third-order valence-electron chi connectivity index (χ3n) is 8.46. The van der Waals surface area contributed by atoms with Crippen molar-refractivity contribution < 1.29 is 12.8 Å². The van der Waals surface area contributed by atoms with Gasteiger partial charge in [-0.15, -0.1) is 0 Å². The summed E-state index contributed by atoms with van der Waals surface area (Å²) in [4.78, 5) is 13.4. The first-order valence-electron chi connectivity index (χ1n) is 13.9. The van der Waals surface area contributed by atoms with Crippen molar-refractivity contribution in [2.75, 3.05) is 43.7 Å². The normalized spacial score (nSPS) is 20.7. The van der Waals surface area contributed by atoms with Gasteiger partial charge < -0.3 is 15.2 Å². The van der Waals surface area contributed by atoms with E-state index in [9.17, 15) is 8.42 Å². The highest BCUT2D eigenvalue weighted by atomic mass is 35.5. The van der Waals surface area contributed by atoms with Crippen molar-refractivity contribution in [2.24, 2.45) is 0 Å². The Morgan fingerprint density at radius 2 is 1.64 bits per heavy atom. The molecule has 0 amide bonds. The molecule has 0 spiro atoms. The molecule has 222 valence electrons. The fraction of sp³-hybridized carbons (Fsp3) is 0.379. The van der Waals surface area contributed by atoms with Gasteiger partial charge in [-0.05, 0) is 62.6 Å². The van der Waals surface area contributed by atoms with Crippen LogP contribution in [0.15, 0.2) is 53.8 Å². The molecule has 0 unspecified atom stereocenters. The monoisotopic (exact) mass is 631 g/mol. The summed E-state index contributed by atoms with van der Waals surface area (Å²) in [6.45, 7) is 4.42. The maximum atomic E-state index is 15.4. The molecular formula is C29H32Cl2FN7O2S. The quantitative estimate of drug-likeness (QED) is 0.283. The average molecular weight is 633 g/mol. The lowest BCUT2D eigenvalue weighted by atomic mass is 9.89. The second kappa shape index (κ2) is 11.6. The molecule has 1 saturated carbocycles. The van der Waals surface area contributed by atoms with Gasteiger partial charge in [-0.25, -0.2) is 22.8 Å². The number of sulfonamides is 1. The van der Waals surface area contributed by atoms with Crippen LogP contribution in [0.5, 0.6) is 0 Å². The zero-order chi connectivity index (χ0) is 29.6. The van der Waals surface area contributed by atoms with Crippen molar-refractivity contribution >= 4 is 55.8 Å². The number of nitrogens with one attached hydrogen (secondary N) is 1. The molecule has 4 aromatic rings. The Morgan fingerprint density at radius 3 is 2.31 bits per heavy atom. The lowest BCUT2D eigenvalue weighted by Gasteiger charge is -2.41. The second-order valence-electron chi connectivity index (χ2n) is 11.1. The Bertz CT molecular complexity index is 1710. The Kier molecular flexibility index (Phi) is 8.05. The van der Waals surface area contributed by atoms with Crippen molar-refractivity contribution in [2.45, 2.75) is 42.7 Å². The molecule has 0 radical (unpaired) electrons. The van der Waals surface area contributed by atoms with Crippen LogP contribution in [0.2, 0.25) is 10.0 Å². The van der Waals surface area contributed by atoms with E-state index in [0.29, 0.717) is 34.0 Å². The summed E-state index contributed by atoms with van der Waals surface area (Å²) in [6.07, 6.45) is 7.63. The summed E-state index contributed by atoms with van der Waals surface area (Å²) in [5, 5.41) is 0.523. The van der Waals surface area contributed by atoms with Crippen molar-refractivity contribution in [1.82, 2.24) is 24.3 Å². The molecule has 6 rings (SSSR count). The van der Waals surface area contributed by atoms with E-state index >= 15 is 4.39 Å². The number of benzene rings is 2. The van der Waals surface area contributed by atoms with Crippen molar-refractivity contribution in [3.8, 4) is 11.1 Å². The minimum absolute atomic E-state index is 0.0621. The number of hydrogen-bond acceptors (Lipinski definition) is 7. The summed E-state index contributed by atoms with van der Waals surface area (Å²) in [7, 11) is -2.07. The third kappa shape index (κ3) is 5.56. The van der Waals surface area contributed by atoms with Crippen LogP contribution in [-0.4, -0.2) is 72.0 Å². The first kappa shape index (κ1) is 29.1. The van der Waals surface area contributed by atoms with Crippen molar-refractivity contribution in [3.05, 3.63) is 64.8 Å². The zero-order valence-electron chi connectivity index (χ0n) is 23.1. The fourth-order valence-corrected chi connectivity index (χ4v) is 8.41. The number of aromatic nitrogens is 3.